The summed E-state index contributed by atoms with van der Waals surface area (Å²) in [6.07, 6.45) is 1.59. The van der Waals surface area contributed by atoms with Gasteiger partial charge in [-0.15, -0.1) is 10.2 Å². The quantitative estimate of drug-likeness (QED) is 0.491. The molecule has 0 radical (unpaired) electrons. The molecule has 0 unspecified atom stereocenters. The van der Waals surface area contributed by atoms with Crippen LogP contribution in [-0.4, -0.2) is 19.7 Å². The van der Waals surface area contributed by atoms with Gasteiger partial charge < -0.3 is 10.3 Å². The third-order valence-electron chi connectivity index (χ3n) is 2.44. The average molecular weight is 233 g/mol. The van der Waals surface area contributed by atoms with Crippen LogP contribution in [0.3, 0.4) is 0 Å². The minimum atomic E-state index is -0.481. The third kappa shape index (κ3) is 1.94. The Morgan fingerprint density at radius 2 is 2.29 bits per heavy atom. The van der Waals surface area contributed by atoms with E-state index >= 15 is 0 Å². The molecule has 17 heavy (non-hydrogen) atoms. The Morgan fingerprint density at radius 1 is 1.53 bits per heavy atom. The molecule has 0 fully saturated rings. The molecule has 2 rings (SSSR count). The second kappa shape index (κ2) is 4.20. The monoisotopic (exact) mass is 233 g/mol. The highest BCUT2D eigenvalue weighted by Crippen LogP contribution is 2.27. The number of hydrogen-bond acceptors (Lipinski definition) is 5. The Hall–Kier alpha value is -2.44. The number of non-ortho nitro benzene ring substituents is 1. The number of hydrogen-bond donors (Lipinski definition) is 1. The molecule has 1 aromatic carbocycles. The second-order valence-electron chi connectivity index (χ2n) is 3.47. The van der Waals surface area contributed by atoms with E-state index in [1.165, 1.54) is 12.1 Å². The van der Waals surface area contributed by atoms with Gasteiger partial charge in [0, 0.05) is 29.9 Å². The van der Waals surface area contributed by atoms with Crippen LogP contribution in [0.4, 0.5) is 11.4 Å². The van der Waals surface area contributed by atoms with Crippen LogP contribution in [0, 0.1) is 10.1 Å². The molecule has 0 atom stereocenters. The van der Waals surface area contributed by atoms with Crippen molar-refractivity contribution in [3.8, 4) is 11.4 Å². The fourth-order valence-corrected chi connectivity index (χ4v) is 1.56. The predicted octanol–water partition coefficient (Wildman–Crippen LogP) is 1.46. The lowest BCUT2D eigenvalue weighted by Gasteiger charge is -2.05. The fourth-order valence-electron chi connectivity index (χ4n) is 1.56. The van der Waals surface area contributed by atoms with E-state index in [4.69, 9.17) is 5.73 Å². The van der Waals surface area contributed by atoms with Crippen LogP contribution in [0.25, 0.3) is 11.4 Å². The zero-order chi connectivity index (χ0) is 12.4. The molecule has 0 aliphatic heterocycles. The second-order valence-corrected chi connectivity index (χ2v) is 3.47. The van der Waals surface area contributed by atoms with Crippen LogP contribution in [0.2, 0.25) is 0 Å². The van der Waals surface area contributed by atoms with E-state index in [0.29, 0.717) is 23.6 Å². The summed E-state index contributed by atoms with van der Waals surface area (Å²) in [5.41, 5.74) is 6.72. The SMILES string of the molecule is CCn1cnnc1-c1ccc([N+](=O)[O-])cc1N. The molecule has 0 aliphatic rings. The number of anilines is 1. The molecule has 2 N–H and O–H groups in total. The van der Waals surface area contributed by atoms with Gasteiger partial charge in [0.15, 0.2) is 5.82 Å². The maximum absolute atomic E-state index is 10.6. The van der Waals surface area contributed by atoms with Crippen molar-refractivity contribution in [1.82, 2.24) is 14.8 Å². The van der Waals surface area contributed by atoms with Crippen LogP contribution in [0.15, 0.2) is 24.5 Å². The van der Waals surface area contributed by atoms with Gasteiger partial charge in [-0.1, -0.05) is 0 Å². The van der Waals surface area contributed by atoms with E-state index in [1.54, 1.807) is 12.4 Å². The Labute approximate surface area is 97.0 Å². The number of aryl methyl sites for hydroxylation is 1. The number of nitrogen functional groups attached to an aromatic ring is 1. The highest BCUT2D eigenvalue weighted by atomic mass is 16.6. The summed E-state index contributed by atoms with van der Waals surface area (Å²) in [5.74, 6) is 0.611. The number of nitro groups is 1. The molecule has 1 heterocycles. The van der Waals surface area contributed by atoms with Crippen molar-refractivity contribution >= 4 is 11.4 Å². The van der Waals surface area contributed by atoms with Gasteiger partial charge in [0.05, 0.1) is 4.92 Å². The summed E-state index contributed by atoms with van der Waals surface area (Å²) >= 11 is 0. The molecule has 7 nitrogen and oxygen atoms in total. The van der Waals surface area contributed by atoms with Crippen molar-refractivity contribution in [1.29, 1.82) is 0 Å². The lowest BCUT2D eigenvalue weighted by Crippen LogP contribution is -2.00. The van der Waals surface area contributed by atoms with E-state index in [1.807, 2.05) is 11.5 Å². The van der Waals surface area contributed by atoms with Gasteiger partial charge >= 0.3 is 0 Å². The Bertz CT molecular complexity index is 564. The molecule has 2 aromatic rings. The van der Waals surface area contributed by atoms with Crippen LogP contribution in [-0.2, 0) is 6.54 Å². The number of nitrogens with two attached hydrogens (primary N) is 1. The highest BCUT2D eigenvalue weighted by molar-refractivity contribution is 5.73. The van der Waals surface area contributed by atoms with Crippen molar-refractivity contribution in [3.63, 3.8) is 0 Å². The van der Waals surface area contributed by atoms with E-state index in [9.17, 15) is 10.1 Å². The smallest absolute Gasteiger partial charge is 0.271 e. The van der Waals surface area contributed by atoms with Gasteiger partial charge in [-0.3, -0.25) is 10.1 Å². The van der Waals surface area contributed by atoms with Crippen molar-refractivity contribution < 1.29 is 4.92 Å². The molecule has 0 amide bonds. The Morgan fingerprint density at radius 3 is 2.88 bits per heavy atom. The maximum Gasteiger partial charge on any atom is 0.271 e. The molecular formula is C10H11N5O2. The minimum absolute atomic E-state index is 0.0335. The Balaban J connectivity index is 2.50. The third-order valence-corrected chi connectivity index (χ3v) is 2.44. The zero-order valence-corrected chi connectivity index (χ0v) is 9.20. The molecule has 88 valence electrons. The first-order chi connectivity index (χ1) is 8.13. The van der Waals surface area contributed by atoms with Gasteiger partial charge in [0.25, 0.3) is 5.69 Å². The van der Waals surface area contributed by atoms with Gasteiger partial charge in [-0.2, -0.15) is 0 Å². The summed E-state index contributed by atoms with van der Waals surface area (Å²) in [6, 6.07) is 4.31. The van der Waals surface area contributed by atoms with Crippen LogP contribution in [0.1, 0.15) is 6.92 Å². The lowest BCUT2D eigenvalue weighted by molar-refractivity contribution is -0.384. The largest absolute Gasteiger partial charge is 0.398 e. The average Bonchev–Trinajstić information content (AvgIpc) is 2.76. The maximum atomic E-state index is 10.6. The Kier molecular flexibility index (Phi) is 2.73. The predicted molar refractivity (Wildman–Crippen MR) is 62.2 cm³/mol. The summed E-state index contributed by atoms with van der Waals surface area (Å²) in [6.45, 7) is 2.66. The topological polar surface area (TPSA) is 99.9 Å². The van der Waals surface area contributed by atoms with E-state index in [0.717, 1.165) is 0 Å². The molecule has 0 saturated heterocycles. The van der Waals surface area contributed by atoms with Crippen LogP contribution < -0.4 is 5.73 Å². The van der Waals surface area contributed by atoms with Gasteiger partial charge in [0.1, 0.15) is 6.33 Å². The van der Waals surface area contributed by atoms with E-state index < -0.39 is 4.92 Å². The standard InChI is InChI=1S/C10H11N5O2/c1-2-14-6-12-13-10(14)8-4-3-7(15(16)17)5-9(8)11/h3-6H,2,11H2,1H3. The molecule has 0 spiro atoms. The molecule has 0 saturated carbocycles. The molecule has 0 aliphatic carbocycles. The highest BCUT2D eigenvalue weighted by Gasteiger charge is 2.13. The lowest BCUT2D eigenvalue weighted by atomic mass is 10.1. The summed E-state index contributed by atoms with van der Waals surface area (Å²) in [4.78, 5) is 10.1. The van der Waals surface area contributed by atoms with Crippen LogP contribution >= 0.6 is 0 Å². The van der Waals surface area contributed by atoms with E-state index in [2.05, 4.69) is 10.2 Å². The number of aromatic nitrogens is 3. The van der Waals surface area contributed by atoms with Gasteiger partial charge in [0.2, 0.25) is 0 Å². The number of nitrogens with zero attached hydrogens (tertiary/aromatic N) is 4. The van der Waals surface area contributed by atoms with Gasteiger partial charge in [-0.05, 0) is 13.0 Å². The van der Waals surface area contributed by atoms with Gasteiger partial charge in [-0.25, -0.2) is 0 Å². The van der Waals surface area contributed by atoms with Crippen molar-refractivity contribution in [2.45, 2.75) is 13.5 Å². The summed E-state index contributed by atoms with van der Waals surface area (Å²) in [5, 5.41) is 18.3. The number of benzene rings is 1. The van der Waals surface area contributed by atoms with Crippen molar-refractivity contribution in [2.75, 3.05) is 5.73 Å². The zero-order valence-electron chi connectivity index (χ0n) is 9.20. The van der Waals surface area contributed by atoms with Crippen LogP contribution in [0.5, 0.6) is 0 Å². The first-order valence-corrected chi connectivity index (χ1v) is 5.05. The fraction of sp³-hybridized carbons (Fsp3) is 0.200. The number of rotatable bonds is 3. The normalized spacial score (nSPS) is 10.4. The van der Waals surface area contributed by atoms with E-state index in [-0.39, 0.29) is 5.69 Å². The summed E-state index contributed by atoms with van der Waals surface area (Å²) < 4.78 is 1.82. The van der Waals surface area contributed by atoms with Crippen molar-refractivity contribution in [3.05, 3.63) is 34.6 Å². The van der Waals surface area contributed by atoms with Crippen molar-refractivity contribution in [2.24, 2.45) is 0 Å². The minimum Gasteiger partial charge on any atom is -0.398 e. The first kappa shape index (κ1) is 11.1. The first-order valence-electron chi connectivity index (χ1n) is 5.05. The molecule has 1 aromatic heterocycles. The molecular weight excluding hydrogens is 222 g/mol. The molecule has 0 bridgehead atoms. The summed E-state index contributed by atoms with van der Waals surface area (Å²) in [7, 11) is 0. The molecule has 7 heteroatoms. The number of nitro benzene ring substituents is 1.